The minimum absolute atomic E-state index is 0.109. The van der Waals surface area contributed by atoms with Crippen LogP contribution >= 0.6 is 0 Å². The second kappa shape index (κ2) is 8.86. The smallest absolute Gasteiger partial charge is 0.251 e. The Hall–Kier alpha value is -2.22. The minimum Gasteiger partial charge on any atom is -0.348 e. The summed E-state index contributed by atoms with van der Waals surface area (Å²) in [5.41, 5.74) is 2.60. The van der Waals surface area contributed by atoms with E-state index in [0.717, 1.165) is 29.5 Å². The van der Waals surface area contributed by atoms with Crippen LogP contribution in [-0.2, 0) is 23.1 Å². The van der Waals surface area contributed by atoms with Gasteiger partial charge in [-0.15, -0.1) is 0 Å². The third-order valence-corrected chi connectivity index (χ3v) is 6.74. The Morgan fingerprint density at radius 1 is 1.04 bits per heavy atom. The van der Waals surface area contributed by atoms with Crippen LogP contribution in [0.1, 0.15) is 34.3 Å². The standard InChI is InChI=1S/C21H27N3O3S/c1-23(2)28(26,27)20-10-6-9-19(14-20)21(25)22-15-17-7-5-8-18(13-17)16-24-11-3-4-12-24/h5-10,13-14H,3-4,11-12,15-16H2,1-2H3,(H,22,25). The van der Waals surface area contributed by atoms with Gasteiger partial charge in [0.25, 0.3) is 5.91 Å². The van der Waals surface area contributed by atoms with E-state index in [0.29, 0.717) is 12.1 Å². The third-order valence-electron chi connectivity index (χ3n) is 4.92. The minimum atomic E-state index is -3.57. The normalized spacial score (nSPS) is 15.1. The molecule has 1 aliphatic heterocycles. The first-order valence-electron chi connectivity index (χ1n) is 9.47. The maximum atomic E-state index is 12.5. The van der Waals surface area contributed by atoms with Crippen molar-refractivity contribution in [1.29, 1.82) is 0 Å². The molecule has 0 saturated carbocycles. The number of hydrogen-bond acceptors (Lipinski definition) is 4. The lowest BCUT2D eigenvalue weighted by Gasteiger charge is -2.15. The van der Waals surface area contributed by atoms with Crippen LogP contribution in [0.3, 0.4) is 0 Å². The van der Waals surface area contributed by atoms with Gasteiger partial charge in [0.05, 0.1) is 4.90 Å². The highest BCUT2D eigenvalue weighted by atomic mass is 32.2. The Morgan fingerprint density at radius 3 is 2.43 bits per heavy atom. The van der Waals surface area contributed by atoms with Crippen molar-refractivity contribution in [3.8, 4) is 0 Å². The predicted octanol–water partition coefficient (Wildman–Crippen LogP) is 2.46. The first-order valence-corrected chi connectivity index (χ1v) is 10.9. The number of likely N-dealkylation sites (tertiary alicyclic amines) is 1. The summed E-state index contributed by atoms with van der Waals surface area (Å²) in [5.74, 6) is -0.291. The van der Waals surface area contributed by atoms with Crippen molar-refractivity contribution in [2.45, 2.75) is 30.8 Å². The number of hydrogen-bond donors (Lipinski definition) is 1. The first-order chi connectivity index (χ1) is 13.4. The summed E-state index contributed by atoms with van der Waals surface area (Å²) in [6, 6.07) is 14.3. The number of sulfonamides is 1. The van der Waals surface area contributed by atoms with E-state index in [9.17, 15) is 13.2 Å². The van der Waals surface area contributed by atoms with Gasteiger partial charge in [0.2, 0.25) is 10.0 Å². The van der Waals surface area contributed by atoms with Gasteiger partial charge in [-0.25, -0.2) is 12.7 Å². The fraction of sp³-hybridized carbons (Fsp3) is 0.381. The summed E-state index contributed by atoms with van der Waals surface area (Å²) in [6.07, 6.45) is 2.52. The van der Waals surface area contributed by atoms with Gasteiger partial charge < -0.3 is 5.32 Å². The Balaban J connectivity index is 1.64. The fourth-order valence-electron chi connectivity index (χ4n) is 3.33. The summed E-state index contributed by atoms with van der Waals surface area (Å²) >= 11 is 0. The van der Waals surface area contributed by atoms with E-state index in [4.69, 9.17) is 0 Å². The largest absolute Gasteiger partial charge is 0.348 e. The number of nitrogens with one attached hydrogen (secondary N) is 1. The molecule has 1 saturated heterocycles. The third kappa shape index (κ3) is 4.98. The van der Waals surface area contributed by atoms with Crippen molar-refractivity contribution in [2.75, 3.05) is 27.2 Å². The van der Waals surface area contributed by atoms with Gasteiger partial charge >= 0.3 is 0 Å². The van der Waals surface area contributed by atoms with Crippen molar-refractivity contribution in [3.63, 3.8) is 0 Å². The fourth-order valence-corrected chi connectivity index (χ4v) is 4.28. The highest BCUT2D eigenvalue weighted by Crippen LogP contribution is 2.16. The zero-order valence-electron chi connectivity index (χ0n) is 16.4. The van der Waals surface area contributed by atoms with Crippen LogP contribution in [0, 0.1) is 0 Å². The van der Waals surface area contributed by atoms with Crippen LogP contribution < -0.4 is 5.32 Å². The molecule has 7 heteroatoms. The lowest BCUT2D eigenvalue weighted by atomic mass is 10.1. The first kappa shape index (κ1) is 20.5. The molecule has 6 nitrogen and oxygen atoms in total. The van der Waals surface area contributed by atoms with Gasteiger partial charge in [-0.3, -0.25) is 9.69 Å². The molecule has 0 bridgehead atoms. The number of benzene rings is 2. The second-order valence-corrected chi connectivity index (χ2v) is 9.45. The Bertz CT molecular complexity index is 935. The number of rotatable bonds is 7. The summed E-state index contributed by atoms with van der Waals surface area (Å²) in [7, 11) is -0.630. The lowest BCUT2D eigenvalue weighted by molar-refractivity contribution is 0.0950. The van der Waals surface area contributed by atoms with Crippen LogP contribution in [0.15, 0.2) is 53.4 Å². The van der Waals surface area contributed by atoms with Crippen LogP contribution in [0.25, 0.3) is 0 Å². The second-order valence-electron chi connectivity index (χ2n) is 7.30. The predicted molar refractivity (Wildman–Crippen MR) is 109 cm³/mol. The number of amides is 1. The molecule has 0 aromatic heterocycles. The highest BCUT2D eigenvalue weighted by molar-refractivity contribution is 7.89. The van der Waals surface area contributed by atoms with Gasteiger partial charge in [-0.05, 0) is 55.3 Å². The average molecular weight is 402 g/mol. The molecule has 0 unspecified atom stereocenters. The van der Waals surface area contributed by atoms with Gasteiger partial charge in [0.1, 0.15) is 0 Å². The van der Waals surface area contributed by atoms with Crippen LogP contribution in [-0.4, -0.2) is 50.7 Å². The SMILES string of the molecule is CN(C)S(=O)(=O)c1cccc(C(=O)NCc2cccc(CN3CCCC3)c2)c1. The molecule has 1 N–H and O–H groups in total. The number of carbonyl (C=O) groups excluding carboxylic acids is 1. The molecule has 28 heavy (non-hydrogen) atoms. The maximum Gasteiger partial charge on any atom is 0.251 e. The molecule has 1 amide bonds. The molecule has 0 spiro atoms. The molecule has 2 aromatic rings. The summed E-state index contributed by atoms with van der Waals surface area (Å²) < 4.78 is 25.6. The van der Waals surface area contributed by atoms with Crippen molar-refractivity contribution in [2.24, 2.45) is 0 Å². The molecular weight excluding hydrogens is 374 g/mol. The van der Waals surface area contributed by atoms with E-state index in [1.54, 1.807) is 12.1 Å². The van der Waals surface area contributed by atoms with Crippen molar-refractivity contribution >= 4 is 15.9 Å². The van der Waals surface area contributed by atoms with E-state index in [-0.39, 0.29) is 10.8 Å². The van der Waals surface area contributed by atoms with E-state index in [2.05, 4.69) is 22.3 Å². The topological polar surface area (TPSA) is 69.7 Å². The highest BCUT2D eigenvalue weighted by Gasteiger charge is 2.18. The Morgan fingerprint density at radius 2 is 1.71 bits per heavy atom. The van der Waals surface area contributed by atoms with Crippen LogP contribution in [0.4, 0.5) is 0 Å². The van der Waals surface area contributed by atoms with Crippen LogP contribution in [0.5, 0.6) is 0 Å². The number of nitrogens with zero attached hydrogens (tertiary/aromatic N) is 2. The molecule has 1 aliphatic rings. The maximum absolute atomic E-state index is 12.5. The van der Waals surface area contributed by atoms with Gasteiger partial charge in [-0.2, -0.15) is 0 Å². The van der Waals surface area contributed by atoms with E-state index >= 15 is 0 Å². The molecule has 1 fully saturated rings. The molecule has 3 rings (SSSR count). The number of carbonyl (C=O) groups is 1. The lowest BCUT2D eigenvalue weighted by Crippen LogP contribution is -2.25. The Labute approximate surface area is 167 Å². The van der Waals surface area contributed by atoms with E-state index < -0.39 is 10.0 Å². The molecular formula is C21H27N3O3S. The molecule has 150 valence electrons. The van der Waals surface area contributed by atoms with Crippen molar-refractivity contribution < 1.29 is 13.2 Å². The van der Waals surface area contributed by atoms with Crippen LogP contribution in [0.2, 0.25) is 0 Å². The Kier molecular flexibility index (Phi) is 6.49. The van der Waals surface area contributed by atoms with Crippen molar-refractivity contribution in [1.82, 2.24) is 14.5 Å². The van der Waals surface area contributed by atoms with Gasteiger partial charge in [0, 0.05) is 32.7 Å². The van der Waals surface area contributed by atoms with Gasteiger partial charge in [0.15, 0.2) is 0 Å². The monoisotopic (exact) mass is 401 g/mol. The zero-order chi connectivity index (χ0) is 20.1. The molecule has 0 radical (unpaired) electrons. The quantitative estimate of drug-likeness (QED) is 0.774. The summed E-state index contributed by atoms with van der Waals surface area (Å²) in [5, 5.41) is 2.88. The summed E-state index contributed by atoms with van der Waals surface area (Å²) in [4.78, 5) is 15.1. The molecule has 0 atom stereocenters. The van der Waals surface area contributed by atoms with Gasteiger partial charge in [-0.1, -0.05) is 30.3 Å². The van der Waals surface area contributed by atoms with E-state index in [1.165, 1.54) is 44.6 Å². The van der Waals surface area contributed by atoms with E-state index in [1.807, 2.05) is 12.1 Å². The molecule has 0 aliphatic carbocycles. The molecule has 2 aromatic carbocycles. The molecule has 1 heterocycles. The zero-order valence-corrected chi connectivity index (χ0v) is 17.2. The average Bonchev–Trinajstić information content (AvgIpc) is 3.19. The van der Waals surface area contributed by atoms with Crippen molar-refractivity contribution in [3.05, 3.63) is 65.2 Å². The summed E-state index contributed by atoms with van der Waals surface area (Å²) in [6.45, 7) is 3.63.